The molecule has 0 aromatic rings. The highest BCUT2D eigenvalue weighted by molar-refractivity contribution is 4.62. The first-order valence-corrected chi connectivity index (χ1v) is 4.74. The van der Waals surface area contributed by atoms with Gasteiger partial charge in [0.15, 0.2) is 6.29 Å². The predicted molar refractivity (Wildman–Crippen MR) is 45.8 cm³/mol. The highest BCUT2D eigenvalue weighted by atomic mass is 16.7. The van der Waals surface area contributed by atoms with Gasteiger partial charge in [-0.1, -0.05) is 13.3 Å². The van der Waals surface area contributed by atoms with Gasteiger partial charge in [0.1, 0.15) is 0 Å². The molecule has 12 heavy (non-hydrogen) atoms. The van der Waals surface area contributed by atoms with Gasteiger partial charge in [-0.2, -0.15) is 0 Å². The Kier molecular flexibility index (Phi) is 4.58. The van der Waals surface area contributed by atoms with E-state index in [0.29, 0.717) is 0 Å². The minimum atomic E-state index is -0.0733. The fourth-order valence-corrected chi connectivity index (χ4v) is 1.31. The fraction of sp³-hybridized carbons (Fsp3) is 1.00. The standard InChI is InChI=1S/C9H18O3/c1-2-3-4-9-11-6-5-8(7-10)12-9/h8-10H,2-7H2,1H3/t8-,9-/m1/s1. The largest absolute Gasteiger partial charge is 0.394 e. The molecule has 2 atom stereocenters. The Bertz CT molecular complexity index is 116. The minimum absolute atomic E-state index is 0.000561. The Hall–Kier alpha value is -0.120. The molecular formula is C9H18O3. The lowest BCUT2D eigenvalue weighted by molar-refractivity contribution is -0.221. The van der Waals surface area contributed by atoms with E-state index in [-0.39, 0.29) is 19.0 Å². The maximum atomic E-state index is 8.85. The van der Waals surface area contributed by atoms with Gasteiger partial charge < -0.3 is 14.6 Å². The van der Waals surface area contributed by atoms with E-state index in [1.54, 1.807) is 0 Å². The summed E-state index contributed by atoms with van der Waals surface area (Å²) in [4.78, 5) is 0. The third-order valence-electron chi connectivity index (χ3n) is 2.08. The molecular weight excluding hydrogens is 156 g/mol. The second-order valence-electron chi connectivity index (χ2n) is 3.17. The molecule has 1 aliphatic rings. The van der Waals surface area contributed by atoms with E-state index in [4.69, 9.17) is 14.6 Å². The first kappa shape index (κ1) is 9.96. The quantitative estimate of drug-likeness (QED) is 0.698. The number of aliphatic hydroxyl groups excluding tert-OH is 1. The molecule has 1 aliphatic heterocycles. The van der Waals surface area contributed by atoms with Gasteiger partial charge in [0.25, 0.3) is 0 Å². The van der Waals surface area contributed by atoms with Gasteiger partial charge in [-0.3, -0.25) is 0 Å². The number of hydrogen-bond donors (Lipinski definition) is 1. The van der Waals surface area contributed by atoms with Gasteiger partial charge in [0.2, 0.25) is 0 Å². The Morgan fingerprint density at radius 1 is 1.50 bits per heavy atom. The van der Waals surface area contributed by atoms with Gasteiger partial charge in [0, 0.05) is 0 Å². The Morgan fingerprint density at radius 2 is 2.33 bits per heavy atom. The number of ether oxygens (including phenoxy) is 2. The normalized spacial score (nSPS) is 30.5. The number of rotatable bonds is 4. The van der Waals surface area contributed by atoms with E-state index in [2.05, 4.69) is 6.92 Å². The smallest absolute Gasteiger partial charge is 0.158 e. The van der Waals surface area contributed by atoms with Crippen LogP contribution in [-0.2, 0) is 9.47 Å². The molecule has 0 bridgehead atoms. The maximum absolute atomic E-state index is 8.85. The summed E-state index contributed by atoms with van der Waals surface area (Å²) in [5.41, 5.74) is 0. The first-order valence-electron chi connectivity index (χ1n) is 4.74. The van der Waals surface area contributed by atoms with E-state index < -0.39 is 0 Å². The molecule has 1 fully saturated rings. The Balaban J connectivity index is 2.16. The number of hydrogen-bond acceptors (Lipinski definition) is 3. The zero-order valence-electron chi connectivity index (χ0n) is 7.66. The number of aliphatic hydroxyl groups is 1. The second kappa shape index (κ2) is 5.51. The van der Waals surface area contributed by atoms with Gasteiger partial charge >= 0.3 is 0 Å². The van der Waals surface area contributed by atoms with Crippen LogP contribution in [0.2, 0.25) is 0 Å². The lowest BCUT2D eigenvalue weighted by Gasteiger charge is -2.29. The van der Waals surface area contributed by atoms with Crippen molar-refractivity contribution >= 4 is 0 Å². The van der Waals surface area contributed by atoms with Crippen LogP contribution in [0.4, 0.5) is 0 Å². The van der Waals surface area contributed by atoms with Crippen LogP contribution in [0.3, 0.4) is 0 Å². The monoisotopic (exact) mass is 174 g/mol. The van der Waals surface area contributed by atoms with Crippen LogP contribution in [0.15, 0.2) is 0 Å². The van der Waals surface area contributed by atoms with Gasteiger partial charge in [-0.25, -0.2) is 0 Å². The molecule has 0 unspecified atom stereocenters. The number of unbranched alkanes of at least 4 members (excludes halogenated alkanes) is 1. The van der Waals surface area contributed by atoms with Crippen LogP contribution in [0.25, 0.3) is 0 Å². The summed E-state index contributed by atoms with van der Waals surface area (Å²) in [6.07, 6.45) is 3.98. The van der Waals surface area contributed by atoms with Gasteiger partial charge in [-0.05, 0) is 19.3 Å². The van der Waals surface area contributed by atoms with E-state index in [1.807, 2.05) is 0 Å². The summed E-state index contributed by atoms with van der Waals surface area (Å²) in [7, 11) is 0. The highest BCUT2D eigenvalue weighted by Gasteiger charge is 2.21. The van der Waals surface area contributed by atoms with Crippen LogP contribution in [-0.4, -0.2) is 30.7 Å². The molecule has 0 saturated carbocycles. The third kappa shape index (κ3) is 3.09. The molecule has 1 rings (SSSR count). The molecule has 3 heteroatoms. The van der Waals surface area contributed by atoms with Crippen molar-refractivity contribution in [3.63, 3.8) is 0 Å². The van der Waals surface area contributed by atoms with Crippen LogP contribution < -0.4 is 0 Å². The van der Waals surface area contributed by atoms with E-state index in [1.165, 1.54) is 0 Å². The van der Waals surface area contributed by atoms with Crippen molar-refractivity contribution in [1.82, 2.24) is 0 Å². The average Bonchev–Trinajstić information content (AvgIpc) is 2.15. The summed E-state index contributed by atoms with van der Waals surface area (Å²) in [5.74, 6) is 0. The van der Waals surface area contributed by atoms with Gasteiger partial charge in [-0.15, -0.1) is 0 Å². The summed E-state index contributed by atoms with van der Waals surface area (Å²) in [6.45, 7) is 2.98. The lowest BCUT2D eigenvalue weighted by Crippen LogP contribution is -2.34. The molecule has 0 aromatic carbocycles. The van der Waals surface area contributed by atoms with Crippen LogP contribution in [0.1, 0.15) is 32.6 Å². The molecule has 1 heterocycles. The van der Waals surface area contributed by atoms with Crippen molar-refractivity contribution in [2.45, 2.75) is 45.0 Å². The molecule has 0 amide bonds. The molecule has 1 saturated heterocycles. The van der Waals surface area contributed by atoms with Crippen LogP contribution >= 0.6 is 0 Å². The van der Waals surface area contributed by atoms with Crippen molar-refractivity contribution in [2.75, 3.05) is 13.2 Å². The molecule has 0 spiro atoms. The molecule has 0 radical (unpaired) electrons. The first-order chi connectivity index (χ1) is 5.86. The minimum Gasteiger partial charge on any atom is -0.394 e. The van der Waals surface area contributed by atoms with Crippen LogP contribution in [0.5, 0.6) is 0 Å². The van der Waals surface area contributed by atoms with Gasteiger partial charge in [0.05, 0.1) is 19.3 Å². The van der Waals surface area contributed by atoms with Crippen molar-refractivity contribution in [3.8, 4) is 0 Å². The summed E-state index contributed by atoms with van der Waals surface area (Å²) in [6, 6.07) is 0. The molecule has 1 N–H and O–H groups in total. The van der Waals surface area contributed by atoms with E-state index >= 15 is 0 Å². The van der Waals surface area contributed by atoms with Crippen molar-refractivity contribution < 1.29 is 14.6 Å². The fourth-order valence-electron chi connectivity index (χ4n) is 1.31. The third-order valence-corrected chi connectivity index (χ3v) is 2.08. The topological polar surface area (TPSA) is 38.7 Å². The van der Waals surface area contributed by atoms with Crippen molar-refractivity contribution in [2.24, 2.45) is 0 Å². The average molecular weight is 174 g/mol. The predicted octanol–water partition coefficient (Wildman–Crippen LogP) is 1.30. The zero-order valence-corrected chi connectivity index (χ0v) is 7.66. The SMILES string of the molecule is CCCC[C@@H]1OCC[C@H](CO)O1. The van der Waals surface area contributed by atoms with E-state index in [9.17, 15) is 0 Å². The lowest BCUT2D eigenvalue weighted by atomic mass is 10.2. The molecule has 3 nitrogen and oxygen atoms in total. The maximum Gasteiger partial charge on any atom is 0.158 e. The molecule has 0 aliphatic carbocycles. The molecule has 72 valence electrons. The summed E-state index contributed by atoms with van der Waals surface area (Å²) >= 11 is 0. The summed E-state index contributed by atoms with van der Waals surface area (Å²) < 4.78 is 10.8. The second-order valence-corrected chi connectivity index (χ2v) is 3.17. The van der Waals surface area contributed by atoms with Crippen molar-refractivity contribution in [3.05, 3.63) is 0 Å². The highest BCUT2D eigenvalue weighted by Crippen LogP contribution is 2.16. The Labute approximate surface area is 73.7 Å². The summed E-state index contributed by atoms with van der Waals surface area (Å²) in [5, 5.41) is 8.85. The van der Waals surface area contributed by atoms with E-state index in [0.717, 1.165) is 32.3 Å². The molecule has 0 aromatic heterocycles. The van der Waals surface area contributed by atoms with Crippen molar-refractivity contribution in [1.29, 1.82) is 0 Å². The zero-order chi connectivity index (χ0) is 8.81. The van der Waals surface area contributed by atoms with Crippen LogP contribution in [0, 0.1) is 0 Å². The Morgan fingerprint density at radius 3 is 3.00 bits per heavy atom.